The van der Waals surface area contributed by atoms with Crippen LogP contribution in [-0.2, 0) is 4.79 Å². The van der Waals surface area contributed by atoms with E-state index in [-0.39, 0.29) is 30.6 Å². The molecule has 5 heteroatoms. The van der Waals surface area contributed by atoms with Gasteiger partial charge in [-0.1, -0.05) is 44.5 Å². The van der Waals surface area contributed by atoms with E-state index in [1.165, 1.54) is 0 Å². The Balaban J connectivity index is 2.52. The lowest BCUT2D eigenvalue weighted by Crippen LogP contribution is -2.46. The number of aliphatic hydroxyl groups excluding tert-OH is 1. The van der Waals surface area contributed by atoms with Crippen LogP contribution in [0.25, 0.3) is 0 Å². The number of halogens is 1. The molecular weight excluding hydrogens is 278 g/mol. The molecule has 0 saturated carbocycles. The number of carbonyl (C=O) groups excluding carboxylic acids is 1. The Morgan fingerprint density at radius 3 is 2.60 bits per heavy atom. The van der Waals surface area contributed by atoms with Crippen LogP contribution in [-0.4, -0.2) is 30.3 Å². The maximum Gasteiger partial charge on any atom is 0.258 e. The third-order valence-electron chi connectivity index (χ3n) is 2.99. The van der Waals surface area contributed by atoms with Crippen molar-refractivity contribution in [2.45, 2.75) is 33.2 Å². The molecule has 1 amide bonds. The SMILES string of the molecule is CC(C)(C)C(CCO)NC(=O)COc1ccccc1Cl. The van der Waals surface area contributed by atoms with E-state index in [1.54, 1.807) is 24.3 Å². The molecule has 0 heterocycles. The number of benzene rings is 1. The van der Waals surface area contributed by atoms with Crippen LogP contribution in [0.4, 0.5) is 0 Å². The van der Waals surface area contributed by atoms with Crippen LogP contribution in [0.2, 0.25) is 5.02 Å². The largest absolute Gasteiger partial charge is 0.482 e. The Hall–Kier alpha value is -1.26. The lowest BCUT2D eigenvalue weighted by molar-refractivity contribution is -0.124. The summed E-state index contributed by atoms with van der Waals surface area (Å²) < 4.78 is 5.38. The molecule has 0 aliphatic carbocycles. The smallest absolute Gasteiger partial charge is 0.258 e. The second-order valence-corrected chi connectivity index (χ2v) is 6.12. The van der Waals surface area contributed by atoms with Crippen molar-refractivity contribution in [3.05, 3.63) is 29.3 Å². The van der Waals surface area contributed by atoms with Crippen molar-refractivity contribution in [2.24, 2.45) is 5.41 Å². The molecule has 0 fully saturated rings. The summed E-state index contributed by atoms with van der Waals surface area (Å²) in [4.78, 5) is 11.9. The Labute approximate surface area is 125 Å². The van der Waals surface area contributed by atoms with Crippen molar-refractivity contribution in [2.75, 3.05) is 13.2 Å². The van der Waals surface area contributed by atoms with Gasteiger partial charge >= 0.3 is 0 Å². The number of carbonyl (C=O) groups is 1. The van der Waals surface area contributed by atoms with Gasteiger partial charge in [0.1, 0.15) is 5.75 Å². The summed E-state index contributed by atoms with van der Waals surface area (Å²) in [6.07, 6.45) is 0.515. The summed E-state index contributed by atoms with van der Waals surface area (Å²) in [6, 6.07) is 6.91. The molecular formula is C15H22ClNO3. The van der Waals surface area contributed by atoms with Gasteiger partial charge in [-0.2, -0.15) is 0 Å². The number of nitrogens with one attached hydrogen (secondary N) is 1. The first-order valence-corrected chi connectivity index (χ1v) is 7.00. The molecule has 4 nitrogen and oxygen atoms in total. The van der Waals surface area contributed by atoms with Crippen LogP contribution in [0.15, 0.2) is 24.3 Å². The highest BCUT2D eigenvalue weighted by molar-refractivity contribution is 6.32. The topological polar surface area (TPSA) is 58.6 Å². The van der Waals surface area contributed by atoms with Gasteiger partial charge in [-0.25, -0.2) is 0 Å². The molecule has 1 atom stereocenters. The zero-order valence-electron chi connectivity index (χ0n) is 12.1. The number of ether oxygens (including phenoxy) is 1. The van der Waals surface area contributed by atoms with E-state index in [4.69, 9.17) is 21.4 Å². The van der Waals surface area contributed by atoms with E-state index in [1.807, 2.05) is 20.8 Å². The zero-order chi connectivity index (χ0) is 15.2. The van der Waals surface area contributed by atoms with Gasteiger partial charge in [0.2, 0.25) is 0 Å². The van der Waals surface area contributed by atoms with E-state index in [2.05, 4.69) is 5.32 Å². The van der Waals surface area contributed by atoms with Gasteiger partial charge in [-0.15, -0.1) is 0 Å². The average molecular weight is 300 g/mol. The minimum Gasteiger partial charge on any atom is -0.482 e. The molecule has 0 bridgehead atoms. The molecule has 112 valence electrons. The number of hydrogen-bond acceptors (Lipinski definition) is 3. The van der Waals surface area contributed by atoms with Gasteiger partial charge < -0.3 is 15.2 Å². The van der Waals surface area contributed by atoms with Crippen molar-refractivity contribution in [3.63, 3.8) is 0 Å². The lowest BCUT2D eigenvalue weighted by atomic mass is 9.85. The number of para-hydroxylation sites is 1. The first-order chi connectivity index (χ1) is 9.34. The molecule has 2 N–H and O–H groups in total. The molecule has 0 spiro atoms. The van der Waals surface area contributed by atoms with Crippen molar-refractivity contribution in [1.29, 1.82) is 0 Å². The number of rotatable bonds is 6. The second kappa shape index (κ2) is 7.50. The summed E-state index contributed by atoms with van der Waals surface area (Å²) in [5.74, 6) is 0.261. The predicted octanol–water partition coefficient (Wildman–Crippen LogP) is 2.63. The Kier molecular flexibility index (Phi) is 6.30. The van der Waals surface area contributed by atoms with Gasteiger partial charge in [0.05, 0.1) is 5.02 Å². The van der Waals surface area contributed by atoms with Crippen LogP contribution in [0.3, 0.4) is 0 Å². The van der Waals surface area contributed by atoms with Crippen LogP contribution in [0, 0.1) is 5.41 Å². The Morgan fingerprint density at radius 2 is 2.05 bits per heavy atom. The molecule has 20 heavy (non-hydrogen) atoms. The molecule has 0 radical (unpaired) electrons. The monoisotopic (exact) mass is 299 g/mol. The molecule has 1 aromatic rings. The fourth-order valence-corrected chi connectivity index (χ4v) is 1.98. The molecule has 0 aliphatic heterocycles. The zero-order valence-corrected chi connectivity index (χ0v) is 12.9. The van der Waals surface area contributed by atoms with Crippen molar-refractivity contribution < 1.29 is 14.6 Å². The summed E-state index contributed by atoms with van der Waals surface area (Å²) in [5.41, 5.74) is -0.122. The van der Waals surface area contributed by atoms with Gasteiger partial charge in [-0.3, -0.25) is 4.79 Å². The second-order valence-electron chi connectivity index (χ2n) is 5.72. The predicted molar refractivity (Wildman–Crippen MR) is 80.0 cm³/mol. The quantitative estimate of drug-likeness (QED) is 0.849. The standard InChI is InChI=1S/C15H22ClNO3/c1-15(2,3)13(8-9-18)17-14(19)10-20-12-7-5-4-6-11(12)16/h4-7,13,18H,8-10H2,1-3H3,(H,17,19). The van der Waals surface area contributed by atoms with Crippen LogP contribution >= 0.6 is 11.6 Å². The van der Waals surface area contributed by atoms with E-state index in [0.29, 0.717) is 17.2 Å². The minimum atomic E-state index is -0.224. The minimum absolute atomic E-state index is 0.0353. The van der Waals surface area contributed by atoms with Crippen molar-refractivity contribution >= 4 is 17.5 Å². The highest BCUT2D eigenvalue weighted by Gasteiger charge is 2.25. The van der Waals surface area contributed by atoms with Crippen molar-refractivity contribution in [3.8, 4) is 5.75 Å². The average Bonchev–Trinajstić information content (AvgIpc) is 2.36. The van der Waals surface area contributed by atoms with E-state index in [9.17, 15) is 4.79 Å². The lowest BCUT2D eigenvalue weighted by Gasteiger charge is -2.31. The van der Waals surface area contributed by atoms with E-state index in [0.717, 1.165) is 0 Å². The summed E-state index contributed by atoms with van der Waals surface area (Å²) in [7, 11) is 0. The van der Waals surface area contributed by atoms with Crippen LogP contribution in [0.5, 0.6) is 5.75 Å². The highest BCUT2D eigenvalue weighted by atomic mass is 35.5. The van der Waals surface area contributed by atoms with Gasteiger partial charge in [0.25, 0.3) is 5.91 Å². The van der Waals surface area contributed by atoms with Gasteiger partial charge in [0, 0.05) is 12.6 Å². The van der Waals surface area contributed by atoms with E-state index >= 15 is 0 Å². The van der Waals surface area contributed by atoms with Crippen molar-refractivity contribution in [1.82, 2.24) is 5.32 Å². The van der Waals surface area contributed by atoms with Crippen LogP contribution < -0.4 is 10.1 Å². The molecule has 0 aliphatic rings. The van der Waals surface area contributed by atoms with Gasteiger partial charge in [-0.05, 0) is 24.0 Å². The first-order valence-electron chi connectivity index (χ1n) is 6.62. The fraction of sp³-hybridized carbons (Fsp3) is 0.533. The molecule has 0 aromatic heterocycles. The third kappa shape index (κ3) is 5.39. The third-order valence-corrected chi connectivity index (χ3v) is 3.31. The summed E-state index contributed by atoms with van der Waals surface area (Å²) >= 11 is 5.95. The highest BCUT2D eigenvalue weighted by Crippen LogP contribution is 2.23. The maximum atomic E-state index is 11.9. The Morgan fingerprint density at radius 1 is 1.40 bits per heavy atom. The van der Waals surface area contributed by atoms with Crippen LogP contribution in [0.1, 0.15) is 27.2 Å². The number of amides is 1. The fourth-order valence-electron chi connectivity index (χ4n) is 1.79. The van der Waals surface area contributed by atoms with Gasteiger partial charge in [0.15, 0.2) is 6.61 Å². The summed E-state index contributed by atoms with van der Waals surface area (Å²) in [5, 5.41) is 12.4. The molecule has 1 aromatic carbocycles. The molecule has 1 rings (SSSR count). The maximum absolute atomic E-state index is 11.9. The Bertz CT molecular complexity index is 443. The molecule has 1 unspecified atom stereocenters. The normalized spacial score (nSPS) is 12.8. The van der Waals surface area contributed by atoms with E-state index < -0.39 is 0 Å². The first kappa shape index (κ1) is 16.8. The molecule has 0 saturated heterocycles. The summed E-state index contributed by atoms with van der Waals surface area (Å²) in [6.45, 7) is 5.99. The number of hydrogen-bond donors (Lipinski definition) is 2. The number of aliphatic hydroxyl groups is 1.